The highest BCUT2D eigenvalue weighted by molar-refractivity contribution is 7.98. The molecule has 14 nitrogen and oxygen atoms in total. The third-order valence-electron chi connectivity index (χ3n) is 9.66. The number of anilines is 1. The largest absolute Gasteiger partial charge is 0.380 e. The zero-order valence-electron chi connectivity index (χ0n) is 33.2. The van der Waals surface area contributed by atoms with Gasteiger partial charge >= 0.3 is 0 Å². The Morgan fingerprint density at radius 2 is 1.63 bits per heavy atom. The molecule has 2 aliphatic heterocycles. The van der Waals surface area contributed by atoms with Crippen LogP contribution in [0.25, 0.3) is 0 Å². The van der Waals surface area contributed by atoms with Gasteiger partial charge in [-0.2, -0.15) is 12.6 Å². The number of hydrogen-bond acceptors (Lipinski definition) is 11. The van der Waals surface area contributed by atoms with Gasteiger partial charge in [-0.15, -0.1) is 0 Å². The molecule has 54 heavy (non-hydrogen) atoms. The molecule has 0 radical (unpaired) electrons. The van der Waals surface area contributed by atoms with E-state index in [0.717, 1.165) is 24.3 Å². The van der Waals surface area contributed by atoms with E-state index in [9.17, 15) is 28.8 Å². The molecule has 1 aromatic rings. The molecule has 4 N–H and O–H groups in total. The number of benzene rings is 1. The normalized spacial score (nSPS) is 19.8. The summed E-state index contributed by atoms with van der Waals surface area (Å²) in [4.78, 5) is 80.4. The molecular formula is C38H60N6O8S2. The number of nitrogens with zero attached hydrogens (tertiary/aromatic N) is 2. The van der Waals surface area contributed by atoms with Crippen molar-refractivity contribution in [2.24, 2.45) is 22.7 Å². The molecule has 3 rings (SSSR count). The minimum atomic E-state index is -0.861. The first-order chi connectivity index (χ1) is 25.2. The Kier molecular flexibility index (Phi) is 16.8. The van der Waals surface area contributed by atoms with Crippen molar-refractivity contribution in [3.8, 4) is 0 Å². The van der Waals surface area contributed by atoms with E-state index in [1.165, 1.54) is 16.8 Å². The predicted molar refractivity (Wildman–Crippen MR) is 212 cm³/mol. The van der Waals surface area contributed by atoms with Crippen LogP contribution in [0.15, 0.2) is 29.2 Å². The fourth-order valence-electron chi connectivity index (χ4n) is 6.64. The molecule has 5 unspecified atom stereocenters. The highest BCUT2D eigenvalue weighted by Crippen LogP contribution is 2.28. The minimum Gasteiger partial charge on any atom is -0.380 e. The molecule has 0 spiro atoms. The second-order valence-electron chi connectivity index (χ2n) is 16.4. The van der Waals surface area contributed by atoms with Crippen LogP contribution in [-0.4, -0.2) is 116 Å². The van der Waals surface area contributed by atoms with Crippen molar-refractivity contribution >= 4 is 65.7 Å². The van der Waals surface area contributed by atoms with Crippen LogP contribution >= 0.6 is 24.6 Å². The number of amides is 6. The number of methoxy groups -OCH3 is 1. The second-order valence-corrected chi connectivity index (χ2v) is 17.9. The monoisotopic (exact) mass is 792 g/mol. The molecule has 2 fully saturated rings. The first kappa shape index (κ1) is 45.2. The second kappa shape index (κ2) is 20.1. The number of hydrogen-bond donors (Lipinski definition) is 5. The van der Waals surface area contributed by atoms with Gasteiger partial charge in [0.05, 0.1) is 37.0 Å². The van der Waals surface area contributed by atoms with Gasteiger partial charge in [0.15, 0.2) is 0 Å². The van der Waals surface area contributed by atoms with Crippen molar-refractivity contribution in [2.75, 3.05) is 52.3 Å². The lowest BCUT2D eigenvalue weighted by Gasteiger charge is -2.31. The molecule has 2 heterocycles. The van der Waals surface area contributed by atoms with Crippen LogP contribution in [0, 0.1) is 22.7 Å². The zero-order chi connectivity index (χ0) is 40.4. The highest BCUT2D eigenvalue weighted by atomic mass is 32.2. The van der Waals surface area contributed by atoms with Crippen LogP contribution in [0.5, 0.6) is 0 Å². The molecule has 0 aliphatic carbocycles. The number of likely N-dealkylation sites (N-methyl/N-ethyl adjacent to an activating group) is 1. The Bertz CT molecular complexity index is 1490. The summed E-state index contributed by atoms with van der Waals surface area (Å²) in [6.45, 7) is 14.5. The lowest BCUT2D eigenvalue weighted by molar-refractivity contribution is -0.141. The maximum Gasteiger partial charge on any atom is 0.243 e. The quantitative estimate of drug-likeness (QED) is 0.0749. The van der Waals surface area contributed by atoms with Crippen molar-refractivity contribution in [1.82, 2.24) is 25.2 Å². The number of nitrogens with one attached hydrogen (secondary N) is 4. The van der Waals surface area contributed by atoms with Crippen LogP contribution in [0.3, 0.4) is 0 Å². The third-order valence-corrected chi connectivity index (χ3v) is 10.9. The summed E-state index contributed by atoms with van der Waals surface area (Å²) in [7, 11) is 3.70. The molecule has 1 aromatic carbocycles. The van der Waals surface area contributed by atoms with Crippen LogP contribution in [-0.2, 0) is 38.2 Å². The summed E-state index contributed by atoms with van der Waals surface area (Å²) < 4.78 is 14.6. The number of carbonyl (C=O) groups excluding carboxylic acids is 6. The number of imide groups is 1. The minimum absolute atomic E-state index is 0.0809. The summed E-state index contributed by atoms with van der Waals surface area (Å²) in [5, 5.41) is 7.57. The zero-order valence-corrected chi connectivity index (χ0v) is 34.9. The van der Waals surface area contributed by atoms with E-state index < -0.39 is 33.9 Å². The molecular weight excluding hydrogens is 733 g/mol. The van der Waals surface area contributed by atoms with E-state index in [1.54, 1.807) is 45.2 Å². The van der Waals surface area contributed by atoms with Crippen LogP contribution in [0.4, 0.5) is 5.69 Å². The standard InChI is InChI=1S/C38H60N6O8S2/c1-23(2)32(41-29(45)18-37(4,5)21-52-22-38(6,7)20-44-31(47)17-28(53)36(44)50)35(49)39-19-30(46)40-25-12-14-26(15-13-25)54-42-34(48)24(3)33(51-9)27-11-10-16-43(27)8/h12-15,23-24,27-28,32-33,53H,10-11,16-22H2,1-9H3,(H,39,49)(H,40,46)(H,41,45)(H,42,48). The maximum absolute atomic E-state index is 13.1. The van der Waals surface area contributed by atoms with Gasteiger partial charge in [0.2, 0.25) is 35.4 Å². The van der Waals surface area contributed by atoms with Gasteiger partial charge < -0.3 is 30.3 Å². The SMILES string of the molecule is COC(C(C)C(=O)NSc1ccc(NC(=O)CNC(=O)C(NC(=O)CC(C)(C)COCC(C)(C)CN2C(=O)CC(S)C2=O)C(C)C)cc1)C1CCCN1C. The van der Waals surface area contributed by atoms with Gasteiger partial charge in [-0.25, -0.2) is 0 Å². The summed E-state index contributed by atoms with van der Waals surface area (Å²) in [6.07, 6.45) is 2.05. The number of thiol groups is 1. The molecule has 0 bridgehead atoms. The Balaban J connectivity index is 1.40. The van der Waals surface area contributed by atoms with E-state index in [4.69, 9.17) is 9.47 Å². The van der Waals surface area contributed by atoms with Crippen LogP contribution < -0.4 is 20.7 Å². The first-order valence-electron chi connectivity index (χ1n) is 18.5. The number of ether oxygens (including phenoxy) is 2. The molecule has 16 heteroatoms. The molecule has 0 saturated carbocycles. The highest BCUT2D eigenvalue weighted by Gasteiger charge is 2.40. The average Bonchev–Trinajstić information content (AvgIpc) is 3.61. The fourth-order valence-corrected chi connectivity index (χ4v) is 7.61. The van der Waals surface area contributed by atoms with Crippen molar-refractivity contribution in [1.29, 1.82) is 0 Å². The van der Waals surface area contributed by atoms with E-state index in [1.807, 2.05) is 34.6 Å². The Labute approximate surface area is 329 Å². The van der Waals surface area contributed by atoms with Crippen molar-refractivity contribution in [2.45, 2.75) is 102 Å². The van der Waals surface area contributed by atoms with Crippen molar-refractivity contribution in [3.05, 3.63) is 24.3 Å². The number of likely N-dealkylation sites (tertiary alicyclic amines) is 2. The lowest BCUT2D eigenvalue weighted by atomic mass is 9.89. The van der Waals surface area contributed by atoms with Crippen LogP contribution in [0.2, 0.25) is 0 Å². The average molecular weight is 793 g/mol. The van der Waals surface area contributed by atoms with Gasteiger partial charge in [0, 0.05) is 48.5 Å². The third kappa shape index (κ3) is 13.5. The summed E-state index contributed by atoms with van der Waals surface area (Å²) in [5.41, 5.74) is -0.561. The molecule has 2 saturated heterocycles. The Morgan fingerprint density at radius 1 is 0.981 bits per heavy atom. The van der Waals surface area contributed by atoms with E-state index in [2.05, 4.69) is 45.2 Å². The van der Waals surface area contributed by atoms with E-state index >= 15 is 0 Å². The molecule has 0 aromatic heterocycles. The van der Waals surface area contributed by atoms with Gasteiger partial charge in [0.1, 0.15) is 6.04 Å². The van der Waals surface area contributed by atoms with Gasteiger partial charge in [-0.1, -0.05) is 48.5 Å². The predicted octanol–water partition coefficient (Wildman–Crippen LogP) is 3.27. The summed E-state index contributed by atoms with van der Waals surface area (Å²) >= 11 is 5.37. The topological polar surface area (TPSA) is 175 Å². The Hall–Kier alpha value is -3.18. The van der Waals surface area contributed by atoms with Crippen molar-refractivity contribution in [3.63, 3.8) is 0 Å². The molecule has 2 aliphatic rings. The van der Waals surface area contributed by atoms with Gasteiger partial charge in [-0.3, -0.25) is 38.4 Å². The number of carbonyl (C=O) groups is 6. The number of rotatable bonds is 20. The van der Waals surface area contributed by atoms with E-state index in [0.29, 0.717) is 5.69 Å². The van der Waals surface area contributed by atoms with Gasteiger partial charge in [-0.05, 0) is 74.0 Å². The summed E-state index contributed by atoms with van der Waals surface area (Å²) in [6, 6.07) is 6.31. The lowest BCUT2D eigenvalue weighted by Crippen LogP contribution is -2.51. The Morgan fingerprint density at radius 3 is 2.19 bits per heavy atom. The van der Waals surface area contributed by atoms with Gasteiger partial charge in [0.25, 0.3) is 0 Å². The molecule has 302 valence electrons. The maximum atomic E-state index is 13.1. The molecule has 6 amide bonds. The van der Waals surface area contributed by atoms with E-state index in [-0.39, 0.29) is 86.8 Å². The van der Waals surface area contributed by atoms with Crippen molar-refractivity contribution < 1.29 is 38.2 Å². The summed E-state index contributed by atoms with van der Waals surface area (Å²) in [5.74, 6) is -2.49. The van der Waals surface area contributed by atoms with Crippen LogP contribution in [0.1, 0.15) is 74.1 Å². The smallest absolute Gasteiger partial charge is 0.243 e. The fraction of sp³-hybridized carbons (Fsp3) is 0.684. The molecule has 5 atom stereocenters. The first-order valence-corrected chi connectivity index (χ1v) is 19.8.